The number of anilines is 1. The lowest BCUT2D eigenvalue weighted by molar-refractivity contribution is 0.663. The van der Waals surface area contributed by atoms with Gasteiger partial charge in [-0.3, -0.25) is 0 Å². The van der Waals surface area contributed by atoms with E-state index in [4.69, 9.17) is 11.6 Å². The van der Waals surface area contributed by atoms with Crippen LogP contribution in [0.4, 0.5) is 5.69 Å². The molecule has 0 bridgehead atoms. The first-order valence-corrected chi connectivity index (χ1v) is 10.5. The molecule has 0 saturated heterocycles. The Morgan fingerprint density at radius 2 is 1.45 bits per heavy atom. The number of nitrogens with zero attached hydrogens (tertiary/aromatic N) is 1. The first-order chi connectivity index (χ1) is 14.2. The van der Waals surface area contributed by atoms with E-state index >= 15 is 0 Å². The van der Waals surface area contributed by atoms with Gasteiger partial charge in [-0.15, -0.1) is 0 Å². The van der Waals surface area contributed by atoms with Crippen LogP contribution in [0.2, 0.25) is 5.02 Å². The van der Waals surface area contributed by atoms with E-state index in [1.165, 1.54) is 28.2 Å². The maximum absolute atomic E-state index is 6.56. The van der Waals surface area contributed by atoms with E-state index in [-0.39, 0.29) is 6.17 Å². The number of nitrogens with one attached hydrogen (secondary N) is 1. The minimum Gasteiger partial charge on any atom is -0.364 e. The fourth-order valence-electron chi connectivity index (χ4n) is 4.46. The van der Waals surface area contributed by atoms with Crippen LogP contribution in [0.15, 0.2) is 96.3 Å². The summed E-state index contributed by atoms with van der Waals surface area (Å²) in [4.78, 5) is 2.46. The molecule has 3 aromatic carbocycles. The van der Waals surface area contributed by atoms with Crippen molar-refractivity contribution >= 4 is 17.3 Å². The zero-order valence-corrected chi connectivity index (χ0v) is 17.2. The Bertz CT molecular complexity index is 1130. The van der Waals surface area contributed by atoms with Crippen molar-refractivity contribution in [1.82, 2.24) is 5.32 Å². The lowest BCUT2D eigenvalue weighted by Crippen LogP contribution is -2.34. The molecule has 3 aromatic rings. The summed E-state index contributed by atoms with van der Waals surface area (Å²) >= 11 is 6.56. The average molecular weight is 399 g/mol. The molecule has 29 heavy (non-hydrogen) atoms. The molecule has 0 fully saturated rings. The SMILES string of the molecule is CC1NC2=C(CCC=C2)N1c1ccccc1-c1ccccc1-c1ccccc1Cl. The van der Waals surface area contributed by atoms with Crippen molar-refractivity contribution in [1.29, 1.82) is 0 Å². The Hall–Kier alpha value is -2.97. The minimum absolute atomic E-state index is 0.219. The summed E-state index contributed by atoms with van der Waals surface area (Å²) in [6.07, 6.45) is 6.83. The third-order valence-corrected chi connectivity index (χ3v) is 6.06. The molecule has 2 nitrogen and oxygen atoms in total. The second-order valence-corrected chi connectivity index (χ2v) is 7.94. The van der Waals surface area contributed by atoms with E-state index in [0.29, 0.717) is 0 Å². The van der Waals surface area contributed by atoms with E-state index in [1.54, 1.807) is 0 Å². The fraction of sp³-hybridized carbons (Fsp3) is 0.154. The largest absolute Gasteiger partial charge is 0.364 e. The third kappa shape index (κ3) is 3.14. The highest BCUT2D eigenvalue weighted by molar-refractivity contribution is 6.33. The second kappa shape index (κ2) is 7.46. The molecule has 0 saturated carbocycles. The normalized spacial score (nSPS) is 18.0. The first kappa shape index (κ1) is 18.1. The summed E-state index contributed by atoms with van der Waals surface area (Å²) in [5, 5.41) is 4.41. The van der Waals surface area contributed by atoms with Crippen LogP contribution >= 0.6 is 11.6 Å². The van der Waals surface area contributed by atoms with E-state index in [1.807, 2.05) is 18.2 Å². The highest BCUT2D eigenvalue weighted by atomic mass is 35.5. The number of para-hydroxylation sites is 1. The van der Waals surface area contributed by atoms with Gasteiger partial charge in [-0.1, -0.05) is 78.3 Å². The molecule has 0 aromatic heterocycles. The zero-order chi connectivity index (χ0) is 19.8. The summed E-state index contributed by atoms with van der Waals surface area (Å²) in [7, 11) is 0. The Morgan fingerprint density at radius 3 is 2.21 bits per heavy atom. The van der Waals surface area contributed by atoms with Gasteiger partial charge in [0.2, 0.25) is 0 Å². The van der Waals surface area contributed by atoms with E-state index in [0.717, 1.165) is 29.0 Å². The van der Waals surface area contributed by atoms with Crippen LogP contribution in [0, 0.1) is 0 Å². The van der Waals surface area contributed by atoms with Gasteiger partial charge in [0.05, 0.1) is 11.4 Å². The van der Waals surface area contributed by atoms with Crippen molar-refractivity contribution in [3.8, 4) is 22.3 Å². The van der Waals surface area contributed by atoms with Gasteiger partial charge in [-0.05, 0) is 49.1 Å². The molecule has 3 heteroatoms. The molecule has 0 radical (unpaired) electrons. The van der Waals surface area contributed by atoms with E-state index in [2.05, 4.69) is 83.9 Å². The van der Waals surface area contributed by atoms with E-state index < -0.39 is 0 Å². The standard InChI is InChI=1S/C26H23ClN2/c1-18-28-24-15-7-9-17-26(24)29(18)25-16-8-5-13-22(25)20-11-3-2-10-19(20)21-12-4-6-14-23(21)27/h2-8,10-16,18,28H,9,17H2,1H3. The Morgan fingerprint density at radius 1 is 0.828 bits per heavy atom. The van der Waals surface area contributed by atoms with Crippen LogP contribution in [-0.4, -0.2) is 6.17 Å². The third-order valence-electron chi connectivity index (χ3n) is 5.73. The first-order valence-electron chi connectivity index (χ1n) is 10.1. The summed E-state index contributed by atoms with van der Waals surface area (Å²) in [5.41, 5.74) is 8.49. The monoisotopic (exact) mass is 398 g/mol. The van der Waals surface area contributed by atoms with Crippen molar-refractivity contribution in [3.63, 3.8) is 0 Å². The molecule has 1 atom stereocenters. The van der Waals surface area contributed by atoms with Crippen LogP contribution in [-0.2, 0) is 0 Å². The highest BCUT2D eigenvalue weighted by Gasteiger charge is 2.30. The molecule has 1 heterocycles. The molecule has 1 unspecified atom stereocenters. The number of hydrogen-bond donors (Lipinski definition) is 1. The topological polar surface area (TPSA) is 15.3 Å². The van der Waals surface area contributed by atoms with Gasteiger partial charge in [-0.25, -0.2) is 0 Å². The van der Waals surface area contributed by atoms with E-state index in [9.17, 15) is 0 Å². The van der Waals surface area contributed by atoms with Crippen molar-refractivity contribution < 1.29 is 0 Å². The van der Waals surface area contributed by atoms with Crippen molar-refractivity contribution in [2.24, 2.45) is 0 Å². The van der Waals surface area contributed by atoms with Gasteiger partial charge in [0.1, 0.15) is 6.17 Å². The van der Waals surface area contributed by atoms with Crippen LogP contribution in [0.5, 0.6) is 0 Å². The molecule has 1 aliphatic heterocycles. The quantitative estimate of drug-likeness (QED) is 0.511. The van der Waals surface area contributed by atoms with Gasteiger partial charge in [0.15, 0.2) is 0 Å². The lowest BCUT2D eigenvalue weighted by atomic mass is 9.93. The van der Waals surface area contributed by atoms with Crippen LogP contribution in [0.3, 0.4) is 0 Å². The number of allylic oxidation sites excluding steroid dienone is 3. The molecule has 144 valence electrons. The van der Waals surface area contributed by atoms with Gasteiger partial charge >= 0.3 is 0 Å². The maximum Gasteiger partial charge on any atom is 0.101 e. The zero-order valence-electron chi connectivity index (χ0n) is 16.4. The van der Waals surface area contributed by atoms with Crippen LogP contribution in [0.1, 0.15) is 19.8 Å². The summed E-state index contributed by atoms with van der Waals surface area (Å²) in [6.45, 7) is 2.23. The highest BCUT2D eigenvalue weighted by Crippen LogP contribution is 2.43. The lowest BCUT2D eigenvalue weighted by Gasteiger charge is -2.29. The number of benzene rings is 3. The van der Waals surface area contributed by atoms with Crippen LogP contribution in [0.25, 0.3) is 22.3 Å². The van der Waals surface area contributed by atoms with Crippen molar-refractivity contribution in [2.45, 2.75) is 25.9 Å². The van der Waals surface area contributed by atoms with Gasteiger partial charge in [0.25, 0.3) is 0 Å². The fourth-order valence-corrected chi connectivity index (χ4v) is 4.69. The Labute approximate surface area is 177 Å². The molecule has 1 aliphatic carbocycles. The summed E-state index contributed by atoms with van der Waals surface area (Å²) < 4.78 is 0. The van der Waals surface area contributed by atoms with Gasteiger partial charge in [0, 0.05) is 21.8 Å². The summed E-state index contributed by atoms with van der Waals surface area (Å²) in [5.74, 6) is 0. The molecule has 0 amide bonds. The number of halogens is 1. The number of hydrogen-bond acceptors (Lipinski definition) is 2. The van der Waals surface area contributed by atoms with Gasteiger partial charge < -0.3 is 10.2 Å². The smallest absolute Gasteiger partial charge is 0.101 e. The summed E-state index contributed by atoms with van der Waals surface area (Å²) in [6, 6.07) is 25.3. The molecule has 1 N–H and O–H groups in total. The predicted octanol–water partition coefficient (Wildman–Crippen LogP) is 6.99. The van der Waals surface area contributed by atoms with Crippen molar-refractivity contribution in [2.75, 3.05) is 4.90 Å². The molecule has 5 rings (SSSR count). The second-order valence-electron chi connectivity index (χ2n) is 7.53. The Balaban J connectivity index is 1.69. The number of rotatable bonds is 3. The maximum atomic E-state index is 6.56. The molecular weight excluding hydrogens is 376 g/mol. The average Bonchev–Trinajstić information content (AvgIpc) is 3.10. The predicted molar refractivity (Wildman–Crippen MR) is 123 cm³/mol. The van der Waals surface area contributed by atoms with Crippen LogP contribution < -0.4 is 10.2 Å². The molecule has 2 aliphatic rings. The van der Waals surface area contributed by atoms with Crippen molar-refractivity contribution in [3.05, 3.63) is 101 Å². The minimum atomic E-state index is 0.219. The molecular formula is C26H23ClN2. The molecule has 0 spiro atoms. The Kier molecular flexibility index (Phi) is 4.65. The van der Waals surface area contributed by atoms with Gasteiger partial charge in [-0.2, -0.15) is 0 Å².